The van der Waals surface area contributed by atoms with E-state index < -0.39 is 0 Å². The van der Waals surface area contributed by atoms with E-state index in [0.717, 1.165) is 13.0 Å². The van der Waals surface area contributed by atoms with Crippen LogP contribution in [-0.2, 0) is 6.42 Å². The van der Waals surface area contributed by atoms with E-state index in [4.69, 9.17) is 5.73 Å². The summed E-state index contributed by atoms with van der Waals surface area (Å²) in [6.45, 7) is 5.18. The van der Waals surface area contributed by atoms with Gasteiger partial charge in [-0.25, -0.2) is 0 Å². The molecular formula is C11H17N. The van der Waals surface area contributed by atoms with Crippen molar-refractivity contribution in [2.24, 2.45) is 5.73 Å². The zero-order valence-corrected chi connectivity index (χ0v) is 7.88. The molecule has 66 valence electrons. The third-order valence-electron chi connectivity index (χ3n) is 2.09. The van der Waals surface area contributed by atoms with Gasteiger partial charge >= 0.3 is 0 Å². The molecule has 0 aliphatic heterocycles. The van der Waals surface area contributed by atoms with Gasteiger partial charge in [0.15, 0.2) is 0 Å². The first-order valence-corrected chi connectivity index (χ1v) is 4.53. The highest BCUT2D eigenvalue weighted by molar-refractivity contribution is 5.29. The number of rotatable bonds is 3. The predicted octanol–water partition coefficient (Wildman–Crippen LogP) is 2.31. The SMILES string of the molecule is CC(C)c1ccccc1CCN. The van der Waals surface area contributed by atoms with E-state index in [-0.39, 0.29) is 0 Å². The molecule has 0 aliphatic carbocycles. The van der Waals surface area contributed by atoms with Gasteiger partial charge in [-0.3, -0.25) is 0 Å². The minimum Gasteiger partial charge on any atom is -0.330 e. The van der Waals surface area contributed by atoms with Gasteiger partial charge in [0.2, 0.25) is 0 Å². The molecule has 0 aromatic heterocycles. The van der Waals surface area contributed by atoms with E-state index in [1.165, 1.54) is 11.1 Å². The Kier molecular flexibility index (Phi) is 3.30. The van der Waals surface area contributed by atoms with Crippen LogP contribution in [0.5, 0.6) is 0 Å². The van der Waals surface area contributed by atoms with Crippen LogP contribution in [0.2, 0.25) is 0 Å². The van der Waals surface area contributed by atoms with Gasteiger partial charge < -0.3 is 5.73 Å². The molecule has 0 radical (unpaired) electrons. The van der Waals surface area contributed by atoms with Gasteiger partial charge in [0.05, 0.1) is 0 Å². The van der Waals surface area contributed by atoms with Crippen molar-refractivity contribution in [1.82, 2.24) is 0 Å². The molecule has 0 heterocycles. The molecule has 0 saturated carbocycles. The highest BCUT2D eigenvalue weighted by atomic mass is 14.5. The van der Waals surface area contributed by atoms with E-state index >= 15 is 0 Å². The van der Waals surface area contributed by atoms with Crippen LogP contribution in [0.1, 0.15) is 30.9 Å². The average Bonchev–Trinajstić information content (AvgIpc) is 2.05. The first-order valence-electron chi connectivity index (χ1n) is 4.53. The summed E-state index contributed by atoms with van der Waals surface area (Å²) >= 11 is 0. The van der Waals surface area contributed by atoms with Crippen LogP contribution in [0, 0.1) is 0 Å². The Morgan fingerprint density at radius 3 is 2.50 bits per heavy atom. The molecule has 1 aromatic carbocycles. The smallest absolute Gasteiger partial charge is 0.00366 e. The van der Waals surface area contributed by atoms with Gasteiger partial charge in [-0.15, -0.1) is 0 Å². The van der Waals surface area contributed by atoms with Crippen molar-refractivity contribution in [3.63, 3.8) is 0 Å². The van der Waals surface area contributed by atoms with Gasteiger partial charge in [0, 0.05) is 0 Å². The van der Waals surface area contributed by atoms with Crippen LogP contribution in [0.25, 0.3) is 0 Å². The first kappa shape index (κ1) is 9.27. The number of hydrogen-bond acceptors (Lipinski definition) is 1. The lowest BCUT2D eigenvalue weighted by Gasteiger charge is -2.11. The van der Waals surface area contributed by atoms with Crippen molar-refractivity contribution in [1.29, 1.82) is 0 Å². The fourth-order valence-corrected chi connectivity index (χ4v) is 1.48. The predicted molar refractivity (Wildman–Crippen MR) is 53.3 cm³/mol. The maximum atomic E-state index is 5.53. The van der Waals surface area contributed by atoms with Crippen LogP contribution < -0.4 is 5.73 Å². The van der Waals surface area contributed by atoms with E-state index in [0.29, 0.717) is 5.92 Å². The number of nitrogens with two attached hydrogens (primary N) is 1. The summed E-state index contributed by atoms with van der Waals surface area (Å²) in [5, 5.41) is 0. The molecule has 2 N–H and O–H groups in total. The first-order chi connectivity index (χ1) is 5.75. The fraction of sp³-hybridized carbons (Fsp3) is 0.455. The van der Waals surface area contributed by atoms with E-state index in [2.05, 4.69) is 38.1 Å². The van der Waals surface area contributed by atoms with Crippen molar-refractivity contribution in [3.8, 4) is 0 Å². The Labute approximate surface area is 74.6 Å². The zero-order valence-electron chi connectivity index (χ0n) is 7.88. The number of hydrogen-bond donors (Lipinski definition) is 1. The summed E-state index contributed by atoms with van der Waals surface area (Å²) in [5.41, 5.74) is 8.36. The molecule has 0 fully saturated rings. The highest BCUT2D eigenvalue weighted by Gasteiger charge is 2.03. The van der Waals surface area contributed by atoms with Gasteiger partial charge in [0.1, 0.15) is 0 Å². The minimum absolute atomic E-state index is 0.604. The lowest BCUT2D eigenvalue weighted by Crippen LogP contribution is -2.05. The van der Waals surface area contributed by atoms with Gasteiger partial charge in [-0.2, -0.15) is 0 Å². The summed E-state index contributed by atoms with van der Waals surface area (Å²) in [4.78, 5) is 0. The fourth-order valence-electron chi connectivity index (χ4n) is 1.48. The molecule has 1 aromatic rings. The summed E-state index contributed by atoms with van der Waals surface area (Å²) in [5.74, 6) is 0.604. The van der Waals surface area contributed by atoms with Crippen molar-refractivity contribution in [2.75, 3.05) is 6.54 Å². The standard InChI is InChI=1S/C11H17N/c1-9(2)11-6-4-3-5-10(11)7-8-12/h3-6,9H,7-8,12H2,1-2H3. The topological polar surface area (TPSA) is 26.0 Å². The van der Waals surface area contributed by atoms with Crippen LogP contribution in [-0.4, -0.2) is 6.54 Å². The molecule has 0 spiro atoms. The largest absolute Gasteiger partial charge is 0.330 e. The van der Waals surface area contributed by atoms with Gasteiger partial charge in [0.25, 0.3) is 0 Å². The average molecular weight is 163 g/mol. The summed E-state index contributed by atoms with van der Waals surface area (Å²) in [6.07, 6.45) is 0.994. The molecule has 0 saturated heterocycles. The molecule has 0 amide bonds. The minimum atomic E-state index is 0.604. The maximum Gasteiger partial charge on any atom is -0.00366 e. The maximum absolute atomic E-state index is 5.53. The summed E-state index contributed by atoms with van der Waals surface area (Å²) in [7, 11) is 0. The van der Waals surface area contributed by atoms with Crippen LogP contribution >= 0.6 is 0 Å². The molecule has 0 bridgehead atoms. The van der Waals surface area contributed by atoms with Crippen molar-refractivity contribution < 1.29 is 0 Å². The van der Waals surface area contributed by atoms with Crippen LogP contribution in [0.3, 0.4) is 0 Å². The Hall–Kier alpha value is -0.820. The van der Waals surface area contributed by atoms with E-state index in [1.807, 2.05) is 0 Å². The highest BCUT2D eigenvalue weighted by Crippen LogP contribution is 2.18. The van der Waals surface area contributed by atoms with E-state index in [1.54, 1.807) is 0 Å². The van der Waals surface area contributed by atoms with Gasteiger partial charge in [-0.05, 0) is 30.0 Å². The normalized spacial score (nSPS) is 10.7. The Bertz CT molecular complexity index is 241. The zero-order chi connectivity index (χ0) is 8.97. The lowest BCUT2D eigenvalue weighted by molar-refractivity contribution is 0.832. The van der Waals surface area contributed by atoms with Gasteiger partial charge in [-0.1, -0.05) is 38.1 Å². The molecule has 0 unspecified atom stereocenters. The van der Waals surface area contributed by atoms with Crippen LogP contribution in [0.4, 0.5) is 0 Å². The van der Waals surface area contributed by atoms with E-state index in [9.17, 15) is 0 Å². The quantitative estimate of drug-likeness (QED) is 0.727. The second-order valence-corrected chi connectivity index (χ2v) is 3.39. The Balaban J connectivity index is 2.92. The molecule has 0 atom stereocenters. The Morgan fingerprint density at radius 1 is 1.25 bits per heavy atom. The molecule has 0 aliphatic rings. The molecule has 1 heteroatoms. The lowest BCUT2D eigenvalue weighted by atomic mass is 9.95. The summed E-state index contributed by atoms with van der Waals surface area (Å²) < 4.78 is 0. The van der Waals surface area contributed by atoms with Crippen molar-refractivity contribution in [2.45, 2.75) is 26.2 Å². The van der Waals surface area contributed by atoms with Crippen LogP contribution in [0.15, 0.2) is 24.3 Å². The molecule has 12 heavy (non-hydrogen) atoms. The summed E-state index contributed by atoms with van der Waals surface area (Å²) in [6, 6.07) is 8.53. The van der Waals surface area contributed by atoms with Crippen molar-refractivity contribution in [3.05, 3.63) is 35.4 Å². The number of benzene rings is 1. The monoisotopic (exact) mass is 163 g/mol. The third-order valence-corrected chi connectivity index (χ3v) is 2.09. The molecule has 1 nitrogen and oxygen atoms in total. The molecular weight excluding hydrogens is 146 g/mol. The van der Waals surface area contributed by atoms with Crippen molar-refractivity contribution >= 4 is 0 Å². The third kappa shape index (κ3) is 2.08. The second kappa shape index (κ2) is 4.27. The molecule has 1 rings (SSSR count). The second-order valence-electron chi connectivity index (χ2n) is 3.39. The Morgan fingerprint density at radius 2 is 1.92 bits per heavy atom.